The molecular weight excluding hydrogens is 300 g/mol. The van der Waals surface area contributed by atoms with Gasteiger partial charge in [-0.1, -0.05) is 17.7 Å². The average molecular weight is 320 g/mol. The van der Waals surface area contributed by atoms with Gasteiger partial charge in [0.15, 0.2) is 0 Å². The highest BCUT2D eigenvalue weighted by Crippen LogP contribution is 2.44. The van der Waals surface area contributed by atoms with Crippen LogP contribution >= 0.6 is 0 Å². The standard InChI is InChI=1S/C20H20N2O2/c1-12-5-7-14(8-6-12)19(23)21-16-10-15-4-3-9-22-18(15)17(11-16)13(2)20(22)24/h5-8,10-11,13H,3-4,9H2,1-2H3,(H,21,23)/t13-/m0/s1. The first-order valence-electron chi connectivity index (χ1n) is 8.41. The van der Waals surface area contributed by atoms with Crippen molar-refractivity contribution in [3.8, 4) is 0 Å². The van der Waals surface area contributed by atoms with Crippen LogP contribution in [0.1, 0.15) is 46.3 Å². The van der Waals surface area contributed by atoms with Gasteiger partial charge >= 0.3 is 0 Å². The average Bonchev–Trinajstić information content (AvgIpc) is 2.82. The number of nitrogens with one attached hydrogen (secondary N) is 1. The molecule has 2 aliphatic rings. The summed E-state index contributed by atoms with van der Waals surface area (Å²) in [7, 11) is 0. The molecular formula is C20H20N2O2. The van der Waals surface area contributed by atoms with Gasteiger partial charge in [-0.05, 0) is 62.1 Å². The summed E-state index contributed by atoms with van der Waals surface area (Å²) < 4.78 is 0. The van der Waals surface area contributed by atoms with Gasteiger partial charge < -0.3 is 10.2 Å². The summed E-state index contributed by atoms with van der Waals surface area (Å²) in [6, 6.07) is 11.5. The molecule has 0 fully saturated rings. The lowest BCUT2D eigenvalue weighted by Gasteiger charge is -2.26. The molecule has 0 aliphatic carbocycles. The summed E-state index contributed by atoms with van der Waals surface area (Å²) in [5, 5.41) is 2.99. The zero-order chi connectivity index (χ0) is 16.8. The maximum atomic E-state index is 12.5. The molecule has 4 heteroatoms. The Bertz CT molecular complexity index is 839. The lowest BCUT2D eigenvalue weighted by Crippen LogP contribution is -2.32. The molecule has 1 N–H and O–H groups in total. The van der Waals surface area contributed by atoms with Gasteiger partial charge in [0.05, 0.1) is 11.6 Å². The summed E-state index contributed by atoms with van der Waals surface area (Å²) in [4.78, 5) is 26.8. The number of hydrogen-bond donors (Lipinski definition) is 1. The smallest absolute Gasteiger partial charge is 0.255 e. The zero-order valence-corrected chi connectivity index (χ0v) is 13.9. The summed E-state index contributed by atoms with van der Waals surface area (Å²) in [5.41, 5.74) is 5.82. The fourth-order valence-electron chi connectivity index (χ4n) is 3.68. The highest BCUT2D eigenvalue weighted by molar-refractivity contribution is 6.08. The van der Waals surface area contributed by atoms with Crippen LogP contribution in [0, 0.1) is 6.92 Å². The van der Waals surface area contributed by atoms with Crippen LogP contribution in [0.25, 0.3) is 0 Å². The first-order valence-corrected chi connectivity index (χ1v) is 8.41. The molecule has 1 atom stereocenters. The van der Waals surface area contributed by atoms with Gasteiger partial charge in [0, 0.05) is 17.8 Å². The van der Waals surface area contributed by atoms with Crippen molar-refractivity contribution in [3.05, 3.63) is 58.7 Å². The number of rotatable bonds is 2. The first kappa shape index (κ1) is 14.9. The predicted molar refractivity (Wildman–Crippen MR) is 94.7 cm³/mol. The normalized spacial score (nSPS) is 18.5. The highest BCUT2D eigenvalue weighted by atomic mass is 16.2. The Labute approximate surface area is 141 Å². The second kappa shape index (κ2) is 5.48. The van der Waals surface area contributed by atoms with Crippen LogP contribution < -0.4 is 10.2 Å². The molecule has 2 aromatic carbocycles. The first-order chi connectivity index (χ1) is 11.5. The minimum atomic E-state index is -0.131. The van der Waals surface area contributed by atoms with Gasteiger partial charge in [-0.25, -0.2) is 0 Å². The van der Waals surface area contributed by atoms with Crippen LogP contribution in [0.4, 0.5) is 11.4 Å². The van der Waals surface area contributed by atoms with Crippen molar-refractivity contribution in [2.75, 3.05) is 16.8 Å². The van der Waals surface area contributed by atoms with E-state index in [0.29, 0.717) is 5.56 Å². The molecule has 0 saturated heterocycles. The number of hydrogen-bond acceptors (Lipinski definition) is 2. The summed E-state index contributed by atoms with van der Waals surface area (Å²) in [6.45, 7) is 4.75. The highest BCUT2D eigenvalue weighted by Gasteiger charge is 2.37. The monoisotopic (exact) mass is 320 g/mol. The number of anilines is 2. The molecule has 0 radical (unpaired) electrons. The van der Waals surface area contributed by atoms with Crippen LogP contribution in [0.15, 0.2) is 36.4 Å². The van der Waals surface area contributed by atoms with Crippen LogP contribution in [-0.4, -0.2) is 18.4 Å². The van der Waals surface area contributed by atoms with Gasteiger partial charge in [-0.3, -0.25) is 9.59 Å². The van der Waals surface area contributed by atoms with Crippen molar-refractivity contribution in [3.63, 3.8) is 0 Å². The number of nitrogens with zero attached hydrogens (tertiary/aromatic N) is 1. The number of aryl methyl sites for hydroxylation is 2. The lowest BCUT2D eigenvalue weighted by atomic mass is 9.96. The van der Waals surface area contributed by atoms with Crippen molar-refractivity contribution in [2.24, 2.45) is 0 Å². The molecule has 0 unspecified atom stereocenters. The van der Waals surface area contributed by atoms with E-state index >= 15 is 0 Å². The molecule has 2 aromatic rings. The van der Waals surface area contributed by atoms with Crippen molar-refractivity contribution in [1.82, 2.24) is 0 Å². The number of carbonyl (C=O) groups excluding carboxylic acids is 2. The number of amides is 2. The maximum absolute atomic E-state index is 12.5. The van der Waals surface area contributed by atoms with Crippen molar-refractivity contribution >= 4 is 23.2 Å². The summed E-state index contributed by atoms with van der Waals surface area (Å²) in [5.74, 6) is -0.0761. The Morgan fingerprint density at radius 2 is 1.96 bits per heavy atom. The summed E-state index contributed by atoms with van der Waals surface area (Å²) >= 11 is 0. The third-order valence-electron chi connectivity index (χ3n) is 4.99. The fraction of sp³-hybridized carbons (Fsp3) is 0.300. The molecule has 122 valence electrons. The molecule has 2 heterocycles. The minimum Gasteiger partial charge on any atom is -0.322 e. The van der Waals surface area contributed by atoms with Crippen molar-refractivity contribution in [1.29, 1.82) is 0 Å². The fourth-order valence-corrected chi connectivity index (χ4v) is 3.68. The molecule has 2 amide bonds. The Kier molecular flexibility index (Phi) is 3.41. The second-order valence-electron chi connectivity index (χ2n) is 6.71. The van der Waals surface area contributed by atoms with E-state index in [0.717, 1.165) is 47.5 Å². The largest absolute Gasteiger partial charge is 0.322 e. The molecule has 0 spiro atoms. The summed E-state index contributed by atoms with van der Waals surface area (Å²) in [6.07, 6.45) is 1.92. The second-order valence-corrected chi connectivity index (χ2v) is 6.71. The van der Waals surface area contributed by atoms with E-state index in [2.05, 4.69) is 5.32 Å². The quantitative estimate of drug-likeness (QED) is 0.918. The van der Waals surface area contributed by atoms with Gasteiger partial charge in [0.25, 0.3) is 5.91 Å². The van der Waals surface area contributed by atoms with E-state index in [1.807, 2.05) is 55.1 Å². The number of carbonyl (C=O) groups is 2. The van der Waals surface area contributed by atoms with Gasteiger partial charge in [-0.2, -0.15) is 0 Å². The van der Waals surface area contributed by atoms with Crippen LogP contribution in [-0.2, 0) is 11.2 Å². The molecule has 0 aromatic heterocycles. The van der Waals surface area contributed by atoms with Crippen LogP contribution in [0.3, 0.4) is 0 Å². The van der Waals surface area contributed by atoms with Gasteiger partial charge in [-0.15, -0.1) is 0 Å². The Morgan fingerprint density at radius 1 is 1.21 bits per heavy atom. The Balaban J connectivity index is 1.67. The van der Waals surface area contributed by atoms with Gasteiger partial charge in [0.1, 0.15) is 0 Å². The van der Waals surface area contributed by atoms with E-state index < -0.39 is 0 Å². The minimum absolute atomic E-state index is 0.119. The molecule has 4 nitrogen and oxygen atoms in total. The third kappa shape index (κ3) is 2.30. The van der Waals surface area contributed by atoms with Crippen LogP contribution in [0.5, 0.6) is 0 Å². The molecule has 2 aliphatic heterocycles. The zero-order valence-electron chi connectivity index (χ0n) is 13.9. The molecule has 0 saturated carbocycles. The topological polar surface area (TPSA) is 49.4 Å². The Hall–Kier alpha value is -2.62. The van der Waals surface area contributed by atoms with E-state index in [1.54, 1.807) is 0 Å². The van der Waals surface area contributed by atoms with Gasteiger partial charge in [0.2, 0.25) is 5.91 Å². The SMILES string of the molecule is Cc1ccc(C(=O)Nc2cc3c4c(c2)[C@H](C)C(=O)N4CCC3)cc1. The van der Waals surface area contributed by atoms with Crippen molar-refractivity contribution in [2.45, 2.75) is 32.6 Å². The number of benzene rings is 2. The third-order valence-corrected chi connectivity index (χ3v) is 4.99. The Morgan fingerprint density at radius 3 is 2.71 bits per heavy atom. The molecule has 4 rings (SSSR count). The lowest BCUT2D eigenvalue weighted by molar-refractivity contribution is -0.119. The van der Waals surface area contributed by atoms with E-state index in [4.69, 9.17) is 0 Å². The maximum Gasteiger partial charge on any atom is 0.255 e. The van der Waals surface area contributed by atoms with E-state index in [9.17, 15) is 9.59 Å². The predicted octanol–water partition coefficient (Wildman–Crippen LogP) is 3.64. The van der Waals surface area contributed by atoms with Crippen LogP contribution in [0.2, 0.25) is 0 Å². The van der Waals surface area contributed by atoms with E-state index in [1.165, 1.54) is 0 Å². The van der Waals surface area contributed by atoms with Crippen molar-refractivity contribution < 1.29 is 9.59 Å². The van der Waals surface area contributed by atoms with E-state index in [-0.39, 0.29) is 17.7 Å². The molecule has 24 heavy (non-hydrogen) atoms. The molecule has 0 bridgehead atoms.